The van der Waals surface area contributed by atoms with Gasteiger partial charge >= 0.3 is 0 Å². The lowest BCUT2D eigenvalue weighted by atomic mass is 10.0. The number of nitrogens with zero attached hydrogens (tertiary/aromatic N) is 2. The first kappa shape index (κ1) is 10.4. The van der Waals surface area contributed by atoms with E-state index in [4.69, 9.17) is 10.5 Å². The minimum absolute atomic E-state index is 0.669. The zero-order chi connectivity index (χ0) is 11.4. The Kier molecular flexibility index (Phi) is 3.00. The fourth-order valence-electron chi connectivity index (χ4n) is 1.46. The van der Waals surface area contributed by atoms with Crippen LogP contribution in [0.1, 0.15) is 11.5 Å². The van der Waals surface area contributed by atoms with Crippen LogP contribution in [0.4, 0.5) is 0 Å². The van der Waals surface area contributed by atoms with Crippen molar-refractivity contribution >= 4 is 11.3 Å². The average molecular weight is 224 g/mol. The molecule has 0 bridgehead atoms. The van der Waals surface area contributed by atoms with Gasteiger partial charge in [-0.2, -0.15) is 10.5 Å². The number of thiophene rings is 1. The van der Waals surface area contributed by atoms with E-state index in [0.29, 0.717) is 0 Å². The molecule has 0 saturated carbocycles. The lowest BCUT2D eigenvalue weighted by Crippen LogP contribution is -1.90. The zero-order valence-corrected chi connectivity index (χ0v) is 9.24. The van der Waals surface area contributed by atoms with Gasteiger partial charge in [0.05, 0.1) is 12.1 Å². The summed E-state index contributed by atoms with van der Waals surface area (Å²) in [6, 6.07) is 15.5. The van der Waals surface area contributed by atoms with Crippen LogP contribution in [0.5, 0.6) is 0 Å². The number of nitriles is 2. The Morgan fingerprint density at radius 1 is 1.00 bits per heavy atom. The van der Waals surface area contributed by atoms with Crippen molar-refractivity contribution in [3.05, 3.63) is 47.3 Å². The van der Waals surface area contributed by atoms with Crippen molar-refractivity contribution in [1.29, 1.82) is 10.5 Å². The molecule has 0 aliphatic carbocycles. The maximum Gasteiger partial charge on any atom is 0.158 e. The van der Waals surface area contributed by atoms with Gasteiger partial charge in [0, 0.05) is 4.88 Å². The third-order valence-electron chi connectivity index (χ3n) is 2.31. The minimum atomic E-state index is -0.669. The van der Waals surface area contributed by atoms with Crippen LogP contribution in [-0.2, 0) is 0 Å². The molecule has 0 atom stereocenters. The van der Waals surface area contributed by atoms with Crippen LogP contribution in [0.2, 0.25) is 0 Å². The van der Waals surface area contributed by atoms with Crippen molar-refractivity contribution in [2.45, 2.75) is 5.92 Å². The first-order valence-corrected chi connectivity index (χ1v) is 5.66. The molecule has 0 saturated heterocycles. The molecule has 1 aromatic heterocycles. The average Bonchev–Trinajstić information content (AvgIpc) is 2.85. The molecule has 3 heteroatoms. The Labute approximate surface area is 98.0 Å². The molecule has 0 spiro atoms. The molecule has 0 fully saturated rings. The van der Waals surface area contributed by atoms with Crippen LogP contribution in [0.15, 0.2) is 41.8 Å². The molecule has 1 aromatic carbocycles. The number of hydrogen-bond donors (Lipinski definition) is 0. The first-order valence-electron chi connectivity index (χ1n) is 4.78. The standard InChI is InChI=1S/C13H8N2S/c14-8-12(9-15)10-3-5-11(6-4-10)13-2-1-7-16-13/h1-7,12H. The van der Waals surface area contributed by atoms with E-state index in [0.717, 1.165) is 11.1 Å². The van der Waals surface area contributed by atoms with Crippen molar-refractivity contribution < 1.29 is 0 Å². The van der Waals surface area contributed by atoms with Crippen LogP contribution in [0, 0.1) is 22.7 Å². The molecule has 0 N–H and O–H groups in total. The molecule has 0 unspecified atom stereocenters. The number of hydrogen-bond acceptors (Lipinski definition) is 3. The van der Waals surface area contributed by atoms with Gasteiger partial charge in [0.15, 0.2) is 5.92 Å². The lowest BCUT2D eigenvalue weighted by Gasteiger charge is -2.02. The SMILES string of the molecule is N#CC(C#N)c1ccc(-c2cccs2)cc1. The summed E-state index contributed by atoms with van der Waals surface area (Å²) < 4.78 is 0. The van der Waals surface area contributed by atoms with Crippen LogP contribution in [0.3, 0.4) is 0 Å². The molecule has 0 aliphatic rings. The van der Waals surface area contributed by atoms with Gasteiger partial charge in [0.25, 0.3) is 0 Å². The smallest absolute Gasteiger partial charge is 0.158 e. The third kappa shape index (κ3) is 1.95. The number of rotatable bonds is 2. The van der Waals surface area contributed by atoms with E-state index in [1.54, 1.807) is 11.3 Å². The summed E-state index contributed by atoms with van der Waals surface area (Å²) >= 11 is 1.67. The molecule has 0 aliphatic heterocycles. The molecule has 2 aromatic rings. The van der Waals surface area contributed by atoms with Crippen LogP contribution in [0.25, 0.3) is 10.4 Å². The van der Waals surface area contributed by atoms with Crippen molar-refractivity contribution in [2.75, 3.05) is 0 Å². The molecule has 0 radical (unpaired) electrons. The molecule has 2 rings (SSSR count). The molecule has 0 amide bonds. The molecule has 16 heavy (non-hydrogen) atoms. The summed E-state index contributed by atoms with van der Waals surface area (Å²) in [5.74, 6) is -0.669. The second kappa shape index (κ2) is 4.61. The van der Waals surface area contributed by atoms with E-state index in [1.165, 1.54) is 4.88 Å². The quantitative estimate of drug-likeness (QED) is 0.783. The fraction of sp³-hybridized carbons (Fsp3) is 0.0769. The van der Waals surface area contributed by atoms with Crippen molar-refractivity contribution in [1.82, 2.24) is 0 Å². The van der Waals surface area contributed by atoms with E-state index in [1.807, 2.05) is 53.9 Å². The highest BCUT2D eigenvalue weighted by molar-refractivity contribution is 7.13. The van der Waals surface area contributed by atoms with Crippen molar-refractivity contribution in [3.63, 3.8) is 0 Å². The Hall–Kier alpha value is -2.10. The van der Waals surface area contributed by atoms with Crippen molar-refractivity contribution in [2.24, 2.45) is 0 Å². The van der Waals surface area contributed by atoms with Gasteiger partial charge in [-0.05, 0) is 22.6 Å². The van der Waals surface area contributed by atoms with E-state index < -0.39 is 5.92 Å². The lowest BCUT2D eigenvalue weighted by molar-refractivity contribution is 1.10. The second-order valence-electron chi connectivity index (χ2n) is 3.29. The highest BCUT2D eigenvalue weighted by Gasteiger charge is 2.08. The monoisotopic (exact) mass is 224 g/mol. The van der Waals surface area contributed by atoms with Gasteiger partial charge < -0.3 is 0 Å². The predicted molar refractivity (Wildman–Crippen MR) is 63.7 cm³/mol. The summed E-state index contributed by atoms with van der Waals surface area (Å²) in [4.78, 5) is 1.19. The Morgan fingerprint density at radius 2 is 1.69 bits per heavy atom. The summed E-state index contributed by atoms with van der Waals surface area (Å²) in [7, 11) is 0. The normalized spacial score (nSPS) is 9.69. The van der Waals surface area contributed by atoms with Gasteiger partial charge in [-0.25, -0.2) is 0 Å². The summed E-state index contributed by atoms with van der Waals surface area (Å²) in [6.07, 6.45) is 0. The maximum atomic E-state index is 8.76. The van der Waals surface area contributed by atoms with Gasteiger partial charge in [-0.3, -0.25) is 0 Å². The largest absolute Gasteiger partial charge is 0.196 e. The first-order chi connectivity index (χ1) is 7.85. The minimum Gasteiger partial charge on any atom is -0.196 e. The maximum absolute atomic E-state index is 8.76. The van der Waals surface area contributed by atoms with E-state index in [9.17, 15) is 0 Å². The summed E-state index contributed by atoms with van der Waals surface area (Å²) in [5.41, 5.74) is 1.87. The fourth-order valence-corrected chi connectivity index (χ4v) is 2.19. The molecular weight excluding hydrogens is 216 g/mol. The van der Waals surface area contributed by atoms with E-state index in [2.05, 4.69) is 0 Å². The zero-order valence-electron chi connectivity index (χ0n) is 8.42. The molecular formula is C13H8N2S. The highest BCUT2D eigenvalue weighted by Crippen LogP contribution is 2.26. The number of benzene rings is 1. The second-order valence-corrected chi connectivity index (χ2v) is 4.24. The highest BCUT2D eigenvalue weighted by atomic mass is 32.1. The summed E-state index contributed by atoms with van der Waals surface area (Å²) in [6.45, 7) is 0. The molecule has 1 heterocycles. The molecule has 76 valence electrons. The van der Waals surface area contributed by atoms with Gasteiger partial charge in [0.1, 0.15) is 0 Å². The van der Waals surface area contributed by atoms with E-state index >= 15 is 0 Å². The predicted octanol–water partition coefficient (Wildman–Crippen LogP) is 3.55. The van der Waals surface area contributed by atoms with Crippen LogP contribution in [-0.4, -0.2) is 0 Å². The van der Waals surface area contributed by atoms with Crippen LogP contribution < -0.4 is 0 Å². The molecule has 2 nitrogen and oxygen atoms in total. The Morgan fingerprint density at radius 3 is 2.19 bits per heavy atom. The van der Waals surface area contributed by atoms with Gasteiger partial charge in [0.2, 0.25) is 0 Å². The van der Waals surface area contributed by atoms with Crippen molar-refractivity contribution in [3.8, 4) is 22.6 Å². The van der Waals surface area contributed by atoms with Gasteiger partial charge in [-0.15, -0.1) is 11.3 Å². The van der Waals surface area contributed by atoms with Gasteiger partial charge in [-0.1, -0.05) is 30.3 Å². The summed E-state index contributed by atoms with van der Waals surface area (Å²) in [5, 5.41) is 19.5. The Bertz CT molecular complexity index is 527. The topological polar surface area (TPSA) is 47.6 Å². The van der Waals surface area contributed by atoms with Crippen LogP contribution >= 0.6 is 11.3 Å². The third-order valence-corrected chi connectivity index (χ3v) is 3.23. The van der Waals surface area contributed by atoms with E-state index in [-0.39, 0.29) is 0 Å². The Balaban J connectivity index is 2.31.